The number of hydrazine groups is 1. The molecule has 138 valence electrons. The van der Waals surface area contributed by atoms with E-state index in [9.17, 15) is 14.0 Å². The molecule has 3 aliphatic heterocycles. The van der Waals surface area contributed by atoms with Crippen LogP contribution in [0.3, 0.4) is 0 Å². The zero-order chi connectivity index (χ0) is 18.7. The third kappa shape index (κ3) is 2.37. The second kappa shape index (κ2) is 5.97. The maximum absolute atomic E-state index is 13.3. The highest BCUT2D eigenvalue weighted by Crippen LogP contribution is 2.48. The lowest BCUT2D eigenvalue weighted by atomic mass is 9.89. The van der Waals surface area contributed by atoms with E-state index in [1.807, 2.05) is 19.1 Å². The van der Waals surface area contributed by atoms with Gasteiger partial charge in [0.15, 0.2) is 0 Å². The normalized spacial score (nSPS) is 28.1. The van der Waals surface area contributed by atoms with Crippen molar-refractivity contribution in [2.75, 3.05) is 18.0 Å². The number of rotatable bonds is 2. The summed E-state index contributed by atoms with van der Waals surface area (Å²) < 4.78 is 13.3. The van der Waals surface area contributed by atoms with Gasteiger partial charge in [-0.05, 0) is 43.2 Å². The molecule has 2 aromatic rings. The predicted molar refractivity (Wildman–Crippen MR) is 98.1 cm³/mol. The smallest absolute Gasteiger partial charge is 0.253 e. The summed E-state index contributed by atoms with van der Waals surface area (Å²) in [5.74, 6) is -1.23. The van der Waals surface area contributed by atoms with E-state index in [0.717, 1.165) is 30.6 Å². The van der Waals surface area contributed by atoms with Crippen LogP contribution < -0.4 is 4.90 Å². The maximum Gasteiger partial charge on any atom is 0.253 e. The molecule has 3 atom stereocenters. The minimum atomic E-state index is -0.476. The molecule has 3 fully saturated rings. The molecule has 5 rings (SSSR count). The van der Waals surface area contributed by atoms with E-state index < -0.39 is 12.0 Å². The lowest BCUT2D eigenvalue weighted by Crippen LogP contribution is -2.44. The molecule has 3 heterocycles. The molecule has 6 heteroatoms. The molecule has 0 spiro atoms. The standard InChI is InChI=1S/C21H20FN3O2/c1-13-3-5-14(6-4-13)18-17-19(24-12-2-11-23(18)24)21(27)25(20(17)26)16-9-7-15(22)8-10-16/h3-10,17-19H,2,11-12H2,1H3. The number of fused-ring (bicyclic) bond motifs is 3. The number of benzene rings is 2. The molecule has 0 saturated carbocycles. The van der Waals surface area contributed by atoms with E-state index in [4.69, 9.17) is 0 Å². The Hall–Kier alpha value is -2.57. The van der Waals surface area contributed by atoms with Gasteiger partial charge in [-0.25, -0.2) is 19.3 Å². The number of carbonyl (C=O) groups is 2. The first-order valence-corrected chi connectivity index (χ1v) is 9.29. The number of hydrogen-bond acceptors (Lipinski definition) is 4. The first-order chi connectivity index (χ1) is 13.1. The Morgan fingerprint density at radius 2 is 1.48 bits per heavy atom. The van der Waals surface area contributed by atoms with E-state index >= 15 is 0 Å². The fourth-order valence-electron chi connectivity index (χ4n) is 4.72. The van der Waals surface area contributed by atoms with Crippen LogP contribution in [0.4, 0.5) is 10.1 Å². The third-order valence-corrected chi connectivity index (χ3v) is 5.91. The summed E-state index contributed by atoms with van der Waals surface area (Å²) in [6.45, 7) is 3.66. The first-order valence-electron chi connectivity index (χ1n) is 9.29. The molecule has 27 heavy (non-hydrogen) atoms. The number of anilines is 1. The van der Waals surface area contributed by atoms with Crippen LogP contribution in [-0.2, 0) is 9.59 Å². The summed E-state index contributed by atoms with van der Waals surface area (Å²) in [6.07, 6.45) is 0.976. The van der Waals surface area contributed by atoms with Crippen molar-refractivity contribution in [3.63, 3.8) is 0 Å². The Balaban J connectivity index is 1.57. The molecule has 0 bridgehead atoms. The van der Waals surface area contributed by atoms with Gasteiger partial charge in [0.1, 0.15) is 11.9 Å². The van der Waals surface area contributed by atoms with Crippen molar-refractivity contribution in [1.29, 1.82) is 0 Å². The molecule has 0 aliphatic carbocycles. The fraction of sp³-hybridized carbons (Fsp3) is 0.333. The van der Waals surface area contributed by atoms with Gasteiger partial charge in [-0.3, -0.25) is 9.59 Å². The minimum Gasteiger partial charge on any atom is -0.274 e. The van der Waals surface area contributed by atoms with E-state index in [1.54, 1.807) is 0 Å². The average molecular weight is 365 g/mol. The lowest BCUT2D eigenvalue weighted by molar-refractivity contribution is -0.126. The van der Waals surface area contributed by atoms with Crippen molar-refractivity contribution in [2.24, 2.45) is 5.92 Å². The van der Waals surface area contributed by atoms with Crippen molar-refractivity contribution < 1.29 is 14.0 Å². The number of nitrogens with zero attached hydrogens (tertiary/aromatic N) is 3. The Morgan fingerprint density at radius 3 is 2.15 bits per heavy atom. The highest BCUT2D eigenvalue weighted by molar-refractivity contribution is 6.24. The van der Waals surface area contributed by atoms with Crippen molar-refractivity contribution in [3.8, 4) is 0 Å². The number of carbonyl (C=O) groups excluding carboxylic acids is 2. The van der Waals surface area contributed by atoms with Gasteiger partial charge in [-0.15, -0.1) is 0 Å². The Labute approximate surface area is 156 Å². The van der Waals surface area contributed by atoms with Crippen LogP contribution in [0.1, 0.15) is 23.6 Å². The number of imide groups is 1. The maximum atomic E-state index is 13.3. The monoisotopic (exact) mass is 365 g/mol. The molecule has 3 unspecified atom stereocenters. The van der Waals surface area contributed by atoms with E-state index in [-0.39, 0.29) is 23.7 Å². The highest BCUT2D eigenvalue weighted by Gasteiger charge is 2.62. The van der Waals surface area contributed by atoms with Crippen LogP contribution in [0.5, 0.6) is 0 Å². The van der Waals surface area contributed by atoms with E-state index in [2.05, 4.69) is 22.2 Å². The van der Waals surface area contributed by atoms with Gasteiger partial charge >= 0.3 is 0 Å². The lowest BCUT2D eigenvalue weighted by Gasteiger charge is -2.29. The Bertz CT molecular complexity index is 912. The summed E-state index contributed by atoms with van der Waals surface area (Å²) >= 11 is 0. The van der Waals surface area contributed by atoms with E-state index in [1.165, 1.54) is 29.2 Å². The third-order valence-electron chi connectivity index (χ3n) is 5.91. The summed E-state index contributed by atoms with van der Waals surface area (Å²) in [7, 11) is 0. The van der Waals surface area contributed by atoms with Crippen molar-refractivity contribution in [1.82, 2.24) is 10.0 Å². The summed E-state index contributed by atoms with van der Waals surface area (Å²) in [4.78, 5) is 27.8. The summed E-state index contributed by atoms with van der Waals surface area (Å²) in [5, 5.41) is 4.26. The topological polar surface area (TPSA) is 43.9 Å². The largest absolute Gasteiger partial charge is 0.274 e. The van der Waals surface area contributed by atoms with Gasteiger partial charge in [0.05, 0.1) is 17.6 Å². The zero-order valence-electron chi connectivity index (χ0n) is 15.0. The van der Waals surface area contributed by atoms with Crippen molar-refractivity contribution in [2.45, 2.75) is 25.4 Å². The molecule has 0 aromatic heterocycles. The number of halogens is 1. The average Bonchev–Trinajstić information content (AvgIpc) is 3.30. The van der Waals surface area contributed by atoms with Crippen LogP contribution >= 0.6 is 0 Å². The molecule has 2 amide bonds. The molecule has 3 aliphatic rings. The Morgan fingerprint density at radius 1 is 0.852 bits per heavy atom. The molecule has 2 aromatic carbocycles. The molecular formula is C21H20FN3O2. The number of hydrogen-bond donors (Lipinski definition) is 0. The van der Waals surface area contributed by atoms with Crippen LogP contribution in [0, 0.1) is 18.7 Å². The second-order valence-electron chi connectivity index (χ2n) is 7.49. The van der Waals surface area contributed by atoms with Gasteiger partial charge < -0.3 is 0 Å². The fourth-order valence-corrected chi connectivity index (χ4v) is 4.72. The first kappa shape index (κ1) is 16.6. The number of aryl methyl sites for hydroxylation is 1. The molecule has 5 nitrogen and oxygen atoms in total. The quantitative estimate of drug-likeness (QED) is 0.768. The van der Waals surface area contributed by atoms with Gasteiger partial charge in [0.25, 0.3) is 5.91 Å². The van der Waals surface area contributed by atoms with Gasteiger partial charge in [0, 0.05) is 13.1 Å². The minimum absolute atomic E-state index is 0.139. The number of amides is 2. The predicted octanol–water partition coefficient (Wildman–Crippen LogP) is 2.67. The van der Waals surface area contributed by atoms with Crippen LogP contribution in [0.25, 0.3) is 0 Å². The summed E-state index contributed by atoms with van der Waals surface area (Å²) in [6, 6.07) is 13.1. The van der Waals surface area contributed by atoms with Gasteiger partial charge in [-0.2, -0.15) is 0 Å². The van der Waals surface area contributed by atoms with E-state index in [0.29, 0.717) is 5.69 Å². The Kier molecular flexibility index (Phi) is 3.67. The molecular weight excluding hydrogens is 345 g/mol. The van der Waals surface area contributed by atoms with Crippen LogP contribution in [-0.4, -0.2) is 41.0 Å². The van der Waals surface area contributed by atoms with Gasteiger partial charge in [-0.1, -0.05) is 29.8 Å². The molecule has 0 radical (unpaired) electrons. The van der Waals surface area contributed by atoms with Gasteiger partial charge in [0.2, 0.25) is 5.91 Å². The SMILES string of the molecule is Cc1ccc(C2C3C(=O)N(c4ccc(F)cc4)C(=O)C3N3CCCN23)cc1. The summed E-state index contributed by atoms with van der Waals surface area (Å²) in [5.41, 5.74) is 2.66. The molecule has 0 N–H and O–H groups in total. The van der Waals surface area contributed by atoms with Crippen molar-refractivity contribution >= 4 is 17.5 Å². The van der Waals surface area contributed by atoms with Crippen LogP contribution in [0.2, 0.25) is 0 Å². The van der Waals surface area contributed by atoms with Crippen LogP contribution in [0.15, 0.2) is 48.5 Å². The highest BCUT2D eigenvalue weighted by atomic mass is 19.1. The van der Waals surface area contributed by atoms with Crippen molar-refractivity contribution in [3.05, 3.63) is 65.5 Å². The zero-order valence-corrected chi connectivity index (χ0v) is 15.0. The second-order valence-corrected chi connectivity index (χ2v) is 7.49. The molecule has 3 saturated heterocycles.